The summed E-state index contributed by atoms with van der Waals surface area (Å²) in [6.45, 7) is 0. The van der Waals surface area contributed by atoms with Crippen LogP contribution >= 0.6 is 0 Å². The van der Waals surface area contributed by atoms with Crippen molar-refractivity contribution in [2.24, 2.45) is 0 Å². The molecule has 0 aliphatic heterocycles. The van der Waals surface area contributed by atoms with E-state index in [1.54, 1.807) is 54.6 Å². The topological polar surface area (TPSA) is 58.9 Å². The Labute approximate surface area is 150 Å². The number of hydrogen-bond donors (Lipinski definition) is 2. The van der Waals surface area contributed by atoms with Gasteiger partial charge in [-0.05, 0) is 35.7 Å². The van der Waals surface area contributed by atoms with Gasteiger partial charge in [0, 0.05) is 5.39 Å². The second-order valence-corrected chi connectivity index (χ2v) is 5.75. The van der Waals surface area contributed by atoms with Crippen LogP contribution in [-0.4, -0.2) is 10.2 Å². The summed E-state index contributed by atoms with van der Waals surface area (Å²) in [6.07, 6.45) is 0. The molecule has 0 aliphatic carbocycles. The number of aromatic hydroxyl groups is 2. The van der Waals surface area contributed by atoms with E-state index in [0.29, 0.717) is 23.0 Å². The minimum absolute atomic E-state index is 0.0361. The zero-order valence-electron chi connectivity index (χ0n) is 13.8. The van der Waals surface area contributed by atoms with E-state index in [2.05, 4.69) is 0 Å². The van der Waals surface area contributed by atoms with E-state index in [1.165, 1.54) is 0 Å². The molecule has 0 spiro atoms. The van der Waals surface area contributed by atoms with Gasteiger partial charge >= 0.3 is 0 Å². The van der Waals surface area contributed by atoms with E-state index in [9.17, 15) is 10.2 Å². The van der Waals surface area contributed by atoms with Gasteiger partial charge in [-0.1, -0.05) is 54.6 Å². The van der Waals surface area contributed by atoms with E-state index in [1.807, 2.05) is 30.3 Å². The van der Waals surface area contributed by atoms with Crippen LogP contribution in [0, 0.1) is 0 Å². The average molecular weight is 344 g/mol. The van der Waals surface area contributed by atoms with Crippen molar-refractivity contribution >= 4 is 10.8 Å². The fourth-order valence-corrected chi connectivity index (χ4v) is 2.72. The zero-order valence-corrected chi connectivity index (χ0v) is 13.8. The number of phenolic OH excluding ortho intramolecular Hbond substituents is 2. The molecular weight excluding hydrogens is 328 g/mol. The molecule has 0 heterocycles. The maximum atomic E-state index is 10.1. The molecule has 0 aromatic heterocycles. The summed E-state index contributed by atoms with van der Waals surface area (Å²) in [6, 6.07) is 24.9. The first-order valence-corrected chi connectivity index (χ1v) is 8.16. The lowest BCUT2D eigenvalue weighted by Gasteiger charge is -2.16. The molecule has 0 radical (unpaired) electrons. The Hall–Kier alpha value is -3.66. The van der Waals surface area contributed by atoms with E-state index in [4.69, 9.17) is 9.47 Å². The first kappa shape index (κ1) is 15.8. The number of fused-ring (bicyclic) bond motifs is 1. The molecule has 4 aromatic rings. The van der Waals surface area contributed by atoms with Crippen LogP contribution in [0.2, 0.25) is 0 Å². The van der Waals surface area contributed by atoms with E-state index < -0.39 is 0 Å². The lowest BCUT2D eigenvalue weighted by molar-refractivity contribution is 0.379. The Morgan fingerprint density at radius 2 is 1.08 bits per heavy atom. The molecular formula is C22H16O4. The molecule has 4 aromatic carbocycles. The van der Waals surface area contributed by atoms with Crippen molar-refractivity contribution in [3.8, 4) is 34.5 Å². The quantitative estimate of drug-likeness (QED) is 0.488. The van der Waals surface area contributed by atoms with Crippen LogP contribution in [0.25, 0.3) is 10.8 Å². The van der Waals surface area contributed by atoms with Crippen molar-refractivity contribution in [2.75, 3.05) is 0 Å². The minimum atomic E-state index is 0.0361. The summed E-state index contributed by atoms with van der Waals surface area (Å²) >= 11 is 0. The summed E-state index contributed by atoms with van der Waals surface area (Å²) in [7, 11) is 0. The first-order chi connectivity index (χ1) is 12.7. The molecule has 0 fully saturated rings. The number of hydrogen-bond acceptors (Lipinski definition) is 4. The van der Waals surface area contributed by atoms with Crippen molar-refractivity contribution < 1.29 is 19.7 Å². The summed E-state index contributed by atoms with van der Waals surface area (Å²) in [4.78, 5) is 0. The summed E-state index contributed by atoms with van der Waals surface area (Å²) in [5, 5.41) is 21.9. The van der Waals surface area contributed by atoms with Crippen molar-refractivity contribution in [3.63, 3.8) is 0 Å². The van der Waals surface area contributed by atoms with E-state index >= 15 is 0 Å². The maximum absolute atomic E-state index is 10.1. The summed E-state index contributed by atoms with van der Waals surface area (Å²) in [5.41, 5.74) is 0. The van der Waals surface area contributed by atoms with Crippen molar-refractivity contribution in [1.29, 1.82) is 0 Å². The monoisotopic (exact) mass is 344 g/mol. The lowest BCUT2D eigenvalue weighted by atomic mass is 10.1. The Morgan fingerprint density at radius 3 is 1.77 bits per heavy atom. The fraction of sp³-hybridized carbons (Fsp3) is 0. The van der Waals surface area contributed by atoms with Crippen LogP contribution in [-0.2, 0) is 0 Å². The highest BCUT2D eigenvalue weighted by molar-refractivity contribution is 5.91. The fourth-order valence-electron chi connectivity index (χ4n) is 2.72. The molecule has 4 heteroatoms. The molecule has 0 saturated heterocycles. The number of ether oxygens (including phenoxy) is 2. The largest absolute Gasteiger partial charge is 0.504 e. The van der Waals surface area contributed by atoms with Gasteiger partial charge in [-0.3, -0.25) is 0 Å². The van der Waals surface area contributed by atoms with Gasteiger partial charge in [-0.2, -0.15) is 0 Å². The van der Waals surface area contributed by atoms with Crippen molar-refractivity contribution in [1.82, 2.24) is 0 Å². The molecule has 26 heavy (non-hydrogen) atoms. The first-order valence-electron chi connectivity index (χ1n) is 8.16. The lowest BCUT2D eigenvalue weighted by Crippen LogP contribution is -1.92. The Bertz CT molecular complexity index is 1070. The number of benzene rings is 4. The molecule has 0 atom stereocenters. The van der Waals surface area contributed by atoms with E-state index in [-0.39, 0.29) is 11.5 Å². The molecule has 0 aliphatic rings. The Kier molecular flexibility index (Phi) is 4.07. The van der Waals surface area contributed by atoms with Gasteiger partial charge in [-0.25, -0.2) is 0 Å². The third kappa shape index (κ3) is 3.00. The third-order valence-electron chi connectivity index (χ3n) is 4.01. The predicted molar refractivity (Wildman–Crippen MR) is 100 cm³/mol. The van der Waals surface area contributed by atoms with Crippen LogP contribution in [0.5, 0.6) is 34.5 Å². The molecule has 0 bridgehead atoms. The Morgan fingerprint density at radius 1 is 0.500 bits per heavy atom. The van der Waals surface area contributed by atoms with Gasteiger partial charge in [0.25, 0.3) is 0 Å². The van der Waals surface area contributed by atoms with Crippen LogP contribution in [0.3, 0.4) is 0 Å². The number of rotatable bonds is 4. The minimum Gasteiger partial charge on any atom is -0.504 e. The van der Waals surface area contributed by atoms with Crippen molar-refractivity contribution in [3.05, 3.63) is 84.9 Å². The van der Waals surface area contributed by atoms with Gasteiger partial charge in [0.05, 0.1) is 0 Å². The second kappa shape index (κ2) is 6.69. The summed E-state index contributed by atoms with van der Waals surface area (Å²) < 4.78 is 11.9. The van der Waals surface area contributed by atoms with Crippen molar-refractivity contribution in [2.45, 2.75) is 0 Å². The van der Waals surface area contributed by atoms with Crippen LogP contribution < -0.4 is 9.47 Å². The molecule has 0 amide bonds. The molecule has 2 N–H and O–H groups in total. The van der Waals surface area contributed by atoms with Gasteiger partial charge in [-0.15, -0.1) is 0 Å². The zero-order chi connectivity index (χ0) is 17.9. The highest BCUT2D eigenvalue weighted by atomic mass is 16.5. The van der Waals surface area contributed by atoms with Gasteiger partial charge in [0.1, 0.15) is 0 Å². The maximum Gasteiger partial charge on any atom is 0.177 e. The smallest absolute Gasteiger partial charge is 0.177 e. The number of phenols is 2. The average Bonchev–Trinajstić information content (AvgIpc) is 2.67. The predicted octanol–water partition coefficient (Wildman–Crippen LogP) is 5.84. The standard InChI is InChI=1S/C22H16O4/c23-17-9-3-5-11-19(17)25-21-14-13-15-7-1-2-8-16(15)22(21)26-20-12-6-4-10-18(20)24/h1-14,23-24H. The second-order valence-electron chi connectivity index (χ2n) is 5.75. The van der Waals surface area contributed by atoms with Crippen LogP contribution in [0.4, 0.5) is 0 Å². The van der Waals surface area contributed by atoms with Crippen LogP contribution in [0.1, 0.15) is 0 Å². The van der Waals surface area contributed by atoms with Gasteiger partial charge in [0.15, 0.2) is 34.5 Å². The molecule has 128 valence electrons. The highest BCUT2D eigenvalue weighted by Gasteiger charge is 2.15. The van der Waals surface area contributed by atoms with Gasteiger partial charge in [0.2, 0.25) is 0 Å². The Balaban J connectivity index is 1.85. The third-order valence-corrected chi connectivity index (χ3v) is 4.01. The molecule has 4 rings (SSSR count). The van der Waals surface area contributed by atoms with Crippen LogP contribution in [0.15, 0.2) is 84.9 Å². The SMILES string of the molecule is Oc1ccccc1Oc1ccc2ccccc2c1Oc1ccccc1O. The van der Waals surface area contributed by atoms with E-state index in [0.717, 1.165) is 10.8 Å². The summed E-state index contributed by atoms with van der Waals surface area (Å²) in [5.74, 6) is 1.63. The molecule has 0 unspecified atom stereocenters. The molecule has 4 nitrogen and oxygen atoms in total. The highest BCUT2D eigenvalue weighted by Crippen LogP contribution is 2.43. The van der Waals surface area contributed by atoms with Gasteiger partial charge < -0.3 is 19.7 Å². The number of para-hydroxylation sites is 4. The normalized spacial score (nSPS) is 10.6. The molecule has 0 saturated carbocycles.